The van der Waals surface area contributed by atoms with Gasteiger partial charge in [0.2, 0.25) is 0 Å². The van der Waals surface area contributed by atoms with Gasteiger partial charge in [-0.3, -0.25) is 4.98 Å². The van der Waals surface area contributed by atoms with Crippen LogP contribution in [-0.4, -0.2) is 29.3 Å². The van der Waals surface area contributed by atoms with Crippen molar-refractivity contribution >= 4 is 10.8 Å². The minimum atomic E-state index is -0.0563. The molecule has 0 amide bonds. The SMILES string of the molecule is CNC1CCC2=CC3=CC[C@]4(C)C(c5ccc6ccncc6c5)CC[C@H]4[C@@]34CC[C@]2(C1)O4. The van der Waals surface area contributed by atoms with Crippen LogP contribution in [0.3, 0.4) is 0 Å². The van der Waals surface area contributed by atoms with Crippen LogP contribution < -0.4 is 5.32 Å². The molecular weight excluding hydrogens is 392 g/mol. The van der Waals surface area contributed by atoms with E-state index in [1.807, 2.05) is 12.4 Å². The third-order valence-corrected chi connectivity index (χ3v) is 10.2. The third-order valence-electron chi connectivity index (χ3n) is 10.2. The maximum Gasteiger partial charge on any atom is 0.0974 e. The summed E-state index contributed by atoms with van der Waals surface area (Å²) in [7, 11) is 2.12. The fourth-order valence-corrected chi connectivity index (χ4v) is 8.52. The van der Waals surface area contributed by atoms with Crippen LogP contribution in [-0.2, 0) is 4.74 Å². The lowest BCUT2D eigenvalue weighted by atomic mass is 9.58. The zero-order valence-corrected chi connectivity index (χ0v) is 19.4. The fraction of sp³-hybridized carbons (Fsp3) is 0.552. The molecule has 1 aromatic carbocycles. The fourth-order valence-electron chi connectivity index (χ4n) is 8.52. The van der Waals surface area contributed by atoms with Crippen molar-refractivity contribution in [3.8, 4) is 0 Å². The van der Waals surface area contributed by atoms with Crippen molar-refractivity contribution in [3.63, 3.8) is 0 Å². The van der Waals surface area contributed by atoms with Gasteiger partial charge in [-0.25, -0.2) is 0 Å². The van der Waals surface area contributed by atoms with Gasteiger partial charge in [0.25, 0.3) is 0 Å². The van der Waals surface area contributed by atoms with E-state index >= 15 is 0 Å². The van der Waals surface area contributed by atoms with E-state index in [9.17, 15) is 0 Å². The van der Waals surface area contributed by atoms with Crippen LogP contribution in [0.5, 0.6) is 0 Å². The highest BCUT2D eigenvalue weighted by atomic mass is 16.5. The molecule has 2 unspecified atom stereocenters. The van der Waals surface area contributed by atoms with E-state index in [4.69, 9.17) is 4.74 Å². The van der Waals surface area contributed by atoms with E-state index in [2.05, 4.69) is 60.7 Å². The first-order valence-corrected chi connectivity index (χ1v) is 12.7. The molecule has 3 heterocycles. The van der Waals surface area contributed by atoms with Gasteiger partial charge in [-0.15, -0.1) is 0 Å². The summed E-state index contributed by atoms with van der Waals surface area (Å²) in [5, 5.41) is 6.11. The van der Waals surface area contributed by atoms with Crippen LogP contribution in [0.4, 0.5) is 0 Å². The summed E-state index contributed by atoms with van der Waals surface area (Å²) in [6.07, 6.45) is 18.8. The van der Waals surface area contributed by atoms with E-state index < -0.39 is 0 Å². The quantitative estimate of drug-likeness (QED) is 0.633. The maximum atomic E-state index is 7.36. The molecule has 1 saturated heterocycles. The molecule has 166 valence electrons. The largest absolute Gasteiger partial charge is 0.359 e. The number of hydrogen-bond donors (Lipinski definition) is 1. The zero-order chi connectivity index (χ0) is 21.6. The van der Waals surface area contributed by atoms with Crippen molar-refractivity contribution in [2.45, 2.75) is 81.5 Å². The Hall–Kier alpha value is -1.97. The van der Waals surface area contributed by atoms with Crippen molar-refractivity contribution in [2.24, 2.45) is 11.3 Å². The second kappa shape index (κ2) is 6.55. The highest BCUT2D eigenvalue weighted by Crippen LogP contribution is 2.69. The van der Waals surface area contributed by atoms with Crippen LogP contribution in [0.1, 0.15) is 69.8 Å². The monoisotopic (exact) mass is 426 g/mol. The number of benzene rings is 1. The average Bonchev–Trinajstić information content (AvgIpc) is 3.33. The Morgan fingerprint density at radius 2 is 2.03 bits per heavy atom. The van der Waals surface area contributed by atoms with Crippen LogP contribution in [0.2, 0.25) is 0 Å². The van der Waals surface area contributed by atoms with Gasteiger partial charge >= 0.3 is 0 Å². The maximum absolute atomic E-state index is 7.36. The van der Waals surface area contributed by atoms with Crippen LogP contribution in [0, 0.1) is 11.3 Å². The predicted octanol–water partition coefficient (Wildman–Crippen LogP) is 6.06. The number of rotatable bonds is 2. The third kappa shape index (κ3) is 2.42. The first-order chi connectivity index (χ1) is 15.6. The number of nitrogens with one attached hydrogen (secondary N) is 1. The number of fused-ring (bicyclic) bond motifs is 2. The minimum Gasteiger partial charge on any atom is -0.359 e. The Bertz CT molecular complexity index is 1170. The molecule has 2 aliphatic heterocycles. The van der Waals surface area contributed by atoms with Gasteiger partial charge in [0.1, 0.15) is 0 Å². The molecule has 6 atom stereocenters. The lowest BCUT2D eigenvalue weighted by Crippen LogP contribution is -2.54. The van der Waals surface area contributed by atoms with Gasteiger partial charge in [-0.2, -0.15) is 0 Å². The van der Waals surface area contributed by atoms with Crippen molar-refractivity contribution in [1.82, 2.24) is 10.3 Å². The van der Waals surface area contributed by atoms with Crippen molar-refractivity contribution in [1.29, 1.82) is 0 Å². The highest BCUT2D eigenvalue weighted by molar-refractivity contribution is 5.82. The second-order valence-corrected chi connectivity index (χ2v) is 11.4. The standard InChI is InChI=1S/C29H34N2O/c1-27-11-9-23-16-22-5-6-24(30-2)17-28(22)12-13-29(23,32-28)26(27)8-7-25(27)20-4-3-19-10-14-31-18-21(19)15-20/h3-4,9-10,14-16,18,24-26,30H,5-8,11-13,17H2,1-2H3/t24?,25?,26-,27-,28-,29-/m1/s1. The minimum absolute atomic E-state index is 0.00573. The first-order valence-electron chi connectivity index (χ1n) is 12.7. The molecule has 2 saturated carbocycles. The van der Waals surface area contributed by atoms with Gasteiger partial charge in [-0.1, -0.05) is 31.2 Å². The van der Waals surface area contributed by atoms with Crippen LogP contribution in [0.15, 0.2) is 60.0 Å². The van der Waals surface area contributed by atoms with E-state index in [0.29, 0.717) is 17.9 Å². The molecule has 0 radical (unpaired) electrons. The summed E-state index contributed by atoms with van der Waals surface area (Å²) in [5.41, 5.74) is 4.80. The summed E-state index contributed by atoms with van der Waals surface area (Å²) >= 11 is 0. The number of pyridine rings is 1. The Morgan fingerprint density at radius 1 is 1.09 bits per heavy atom. The molecule has 1 aromatic heterocycles. The molecule has 32 heavy (non-hydrogen) atoms. The lowest BCUT2D eigenvalue weighted by molar-refractivity contribution is -0.136. The highest BCUT2D eigenvalue weighted by Gasteiger charge is 2.66. The Kier molecular flexibility index (Phi) is 3.99. The topological polar surface area (TPSA) is 34.2 Å². The van der Waals surface area contributed by atoms with E-state index in [1.54, 1.807) is 5.57 Å². The van der Waals surface area contributed by atoms with Gasteiger partial charge in [-0.05, 0) is 110 Å². The molecule has 1 N–H and O–H groups in total. The van der Waals surface area contributed by atoms with E-state index in [1.165, 1.54) is 66.9 Å². The van der Waals surface area contributed by atoms with Crippen molar-refractivity contribution in [2.75, 3.05) is 7.05 Å². The predicted molar refractivity (Wildman–Crippen MR) is 129 cm³/mol. The van der Waals surface area contributed by atoms with Gasteiger partial charge in [0, 0.05) is 23.8 Å². The molecule has 5 aliphatic rings. The molecule has 3 heteroatoms. The molecule has 3 nitrogen and oxygen atoms in total. The smallest absolute Gasteiger partial charge is 0.0974 e. The second-order valence-electron chi connectivity index (χ2n) is 11.4. The zero-order valence-electron chi connectivity index (χ0n) is 19.4. The Morgan fingerprint density at radius 3 is 2.94 bits per heavy atom. The molecule has 3 aliphatic carbocycles. The number of nitrogens with zero attached hydrogens (tertiary/aromatic N) is 1. The van der Waals surface area contributed by atoms with Gasteiger partial charge < -0.3 is 10.1 Å². The molecule has 3 fully saturated rings. The summed E-state index contributed by atoms with van der Waals surface area (Å²) in [5.74, 6) is 1.20. The lowest BCUT2D eigenvalue weighted by Gasteiger charge is -2.54. The number of ether oxygens (including phenoxy) is 1. The van der Waals surface area contributed by atoms with Crippen molar-refractivity contribution in [3.05, 3.63) is 65.5 Å². The summed E-state index contributed by atoms with van der Waals surface area (Å²) in [6, 6.07) is 9.79. The summed E-state index contributed by atoms with van der Waals surface area (Å²) < 4.78 is 7.36. The normalized spacial score (nSPS) is 42.1. The summed E-state index contributed by atoms with van der Waals surface area (Å²) in [4.78, 5) is 4.37. The van der Waals surface area contributed by atoms with E-state index in [-0.39, 0.29) is 16.6 Å². The molecule has 7 rings (SSSR count). The van der Waals surface area contributed by atoms with Crippen LogP contribution in [0.25, 0.3) is 10.8 Å². The molecule has 2 aromatic rings. The molecule has 2 bridgehead atoms. The van der Waals surface area contributed by atoms with Gasteiger partial charge in [0.05, 0.1) is 11.2 Å². The molecule has 2 spiro atoms. The number of allylic oxidation sites excluding steroid dienone is 1. The number of hydrogen-bond acceptors (Lipinski definition) is 3. The first kappa shape index (κ1) is 19.5. The molecular formula is C29H34N2O. The van der Waals surface area contributed by atoms with Crippen LogP contribution >= 0.6 is 0 Å². The Labute approximate surface area is 191 Å². The Balaban J connectivity index is 1.29. The van der Waals surface area contributed by atoms with Gasteiger partial charge in [0.15, 0.2) is 0 Å². The average molecular weight is 427 g/mol. The van der Waals surface area contributed by atoms with Crippen molar-refractivity contribution < 1.29 is 4.74 Å². The number of aromatic nitrogens is 1. The van der Waals surface area contributed by atoms with E-state index in [0.717, 1.165) is 6.42 Å². The summed E-state index contributed by atoms with van der Waals surface area (Å²) in [6.45, 7) is 2.57.